The zero-order chi connectivity index (χ0) is 31.1. The Hall–Kier alpha value is -4.92. The molecule has 2 amide bonds. The first-order valence-electron chi connectivity index (χ1n) is 12.4. The average molecular weight is 601 g/mol. The molecule has 1 aliphatic rings. The molecule has 42 heavy (non-hydrogen) atoms. The van der Waals surface area contributed by atoms with Crippen LogP contribution in [0.2, 0.25) is 0 Å². The van der Waals surface area contributed by atoms with Crippen LogP contribution < -0.4 is 10.2 Å². The molecule has 0 saturated heterocycles. The summed E-state index contributed by atoms with van der Waals surface area (Å²) in [6.45, 7) is 3.87. The first kappa shape index (κ1) is 30.0. The van der Waals surface area contributed by atoms with Crippen LogP contribution in [0.1, 0.15) is 31.9 Å². The number of ether oxygens (including phenoxy) is 1. The Balaban J connectivity index is 2.11. The largest absolute Gasteiger partial charge is 0.499 e. The van der Waals surface area contributed by atoms with Crippen molar-refractivity contribution in [2.24, 2.45) is 0 Å². The van der Waals surface area contributed by atoms with E-state index in [9.17, 15) is 38.2 Å². The smallest absolute Gasteiger partial charge is 0.444 e. The van der Waals surface area contributed by atoms with Crippen LogP contribution in [0.4, 0.5) is 20.6 Å². The van der Waals surface area contributed by atoms with Crippen molar-refractivity contribution in [3.63, 3.8) is 0 Å². The van der Waals surface area contributed by atoms with E-state index in [-0.39, 0.29) is 12.2 Å². The van der Waals surface area contributed by atoms with Crippen LogP contribution in [-0.4, -0.2) is 41.0 Å². The van der Waals surface area contributed by atoms with Crippen LogP contribution >= 0.6 is 0 Å². The molecule has 220 valence electrons. The molecule has 0 bridgehead atoms. The van der Waals surface area contributed by atoms with Gasteiger partial charge in [-0.3, -0.25) is 30.3 Å². The monoisotopic (exact) mass is 600 g/mol. The number of benzene rings is 3. The predicted molar refractivity (Wildman–Crippen MR) is 146 cm³/mol. The zero-order valence-corrected chi connectivity index (χ0v) is 23.3. The van der Waals surface area contributed by atoms with Crippen molar-refractivity contribution in [2.75, 3.05) is 4.90 Å². The van der Waals surface area contributed by atoms with Gasteiger partial charge in [0, 0.05) is 17.7 Å². The van der Waals surface area contributed by atoms with Crippen LogP contribution in [0, 0.1) is 20.2 Å². The lowest BCUT2D eigenvalue weighted by molar-refractivity contribution is -0.585. The molecule has 3 aromatic rings. The van der Waals surface area contributed by atoms with Crippen molar-refractivity contribution in [3.8, 4) is 0 Å². The lowest BCUT2D eigenvalue weighted by Gasteiger charge is -2.35. The number of alkyl carbamates (subject to hydrolysis) is 1. The van der Waals surface area contributed by atoms with E-state index in [4.69, 9.17) is 4.74 Å². The molecule has 1 unspecified atom stereocenters. The number of carbonyl (C=O) groups excluding carboxylic acids is 2. The highest BCUT2D eigenvalue weighted by Gasteiger charge is 2.81. The number of fused-ring (bicyclic) bond motifs is 1. The number of rotatable bonds is 8. The van der Waals surface area contributed by atoms with E-state index < -0.39 is 64.1 Å². The molecule has 4 rings (SSSR count). The number of hydrogen-bond acceptors (Lipinski definition) is 9. The SMILES string of the molecule is CC(C)(C)OC(=O)N[C@]1(C(F)([N+](=O)[O-])S(=O)(=O)c2ccccc2)C(=O)N(Cc2ccccc2)c2ccc([N+](=O)[O-])cc21. The molecule has 13 nitrogen and oxygen atoms in total. The highest BCUT2D eigenvalue weighted by molar-refractivity contribution is 7.92. The molecule has 0 aromatic heterocycles. The zero-order valence-electron chi connectivity index (χ0n) is 22.5. The van der Waals surface area contributed by atoms with Gasteiger partial charge in [0.05, 0.1) is 27.0 Å². The summed E-state index contributed by atoms with van der Waals surface area (Å²) in [5.74, 6) is -1.56. The Morgan fingerprint density at radius 2 is 1.57 bits per heavy atom. The third kappa shape index (κ3) is 4.81. The minimum Gasteiger partial charge on any atom is -0.444 e. The predicted octanol–water partition coefficient (Wildman–Crippen LogP) is 4.24. The number of nitrogens with zero attached hydrogens (tertiary/aromatic N) is 3. The molecular formula is C27H25FN4O9S. The first-order chi connectivity index (χ1) is 19.6. The average Bonchev–Trinajstić information content (AvgIpc) is 3.15. The second-order valence-electron chi connectivity index (χ2n) is 10.3. The summed E-state index contributed by atoms with van der Waals surface area (Å²) in [5.41, 5.74) is -6.38. The fourth-order valence-corrected chi connectivity index (χ4v) is 6.34. The van der Waals surface area contributed by atoms with Gasteiger partial charge in [-0.25, -0.2) is 13.2 Å². The lowest BCUT2D eigenvalue weighted by Crippen LogP contribution is -2.70. The Kier molecular flexibility index (Phi) is 7.50. The summed E-state index contributed by atoms with van der Waals surface area (Å²) in [5, 5.41) is 21.5. The van der Waals surface area contributed by atoms with E-state index >= 15 is 4.39 Å². The summed E-state index contributed by atoms with van der Waals surface area (Å²) < 4.78 is 50.5. The lowest BCUT2D eigenvalue weighted by atomic mass is 9.89. The van der Waals surface area contributed by atoms with E-state index in [1.165, 1.54) is 39.0 Å². The molecule has 1 N–H and O–H groups in total. The molecule has 0 radical (unpaired) electrons. The molecule has 1 heterocycles. The van der Waals surface area contributed by atoms with E-state index in [1.807, 2.05) is 5.32 Å². The molecule has 0 saturated carbocycles. The van der Waals surface area contributed by atoms with E-state index in [1.54, 1.807) is 30.3 Å². The fraction of sp³-hybridized carbons (Fsp3) is 0.259. The van der Waals surface area contributed by atoms with Gasteiger partial charge < -0.3 is 9.64 Å². The summed E-state index contributed by atoms with van der Waals surface area (Å²) in [7, 11) is -5.79. The van der Waals surface area contributed by atoms with Gasteiger partial charge in [0.25, 0.3) is 27.0 Å². The number of halogens is 1. The molecular weight excluding hydrogens is 575 g/mol. The van der Waals surface area contributed by atoms with Crippen LogP contribution in [0.15, 0.2) is 83.8 Å². The summed E-state index contributed by atoms with van der Waals surface area (Å²) in [6.07, 6.45) is -1.58. The number of carbonyl (C=O) groups is 2. The minimum atomic E-state index is -5.79. The van der Waals surface area contributed by atoms with Crippen molar-refractivity contribution in [1.29, 1.82) is 0 Å². The maximum atomic E-state index is 17.5. The van der Waals surface area contributed by atoms with Gasteiger partial charge in [0.2, 0.25) is 0 Å². The number of hydrogen-bond donors (Lipinski definition) is 1. The van der Waals surface area contributed by atoms with E-state index in [0.29, 0.717) is 11.6 Å². The van der Waals surface area contributed by atoms with Gasteiger partial charge in [0.1, 0.15) is 5.60 Å². The Bertz CT molecular complexity index is 1680. The van der Waals surface area contributed by atoms with Crippen molar-refractivity contribution in [2.45, 2.75) is 48.5 Å². The van der Waals surface area contributed by atoms with Gasteiger partial charge in [-0.2, -0.15) is 0 Å². The van der Waals surface area contributed by atoms with E-state index in [0.717, 1.165) is 29.2 Å². The number of anilines is 1. The van der Waals surface area contributed by atoms with Crippen molar-refractivity contribution >= 4 is 33.2 Å². The summed E-state index contributed by atoms with van der Waals surface area (Å²) in [6, 6.07) is 16.2. The number of non-ortho nitro benzene ring substituents is 1. The van der Waals surface area contributed by atoms with Crippen LogP contribution in [-0.2, 0) is 31.5 Å². The second kappa shape index (κ2) is 10.5. The minimum absolute atomic E-state index is 0.294. The Morgan fingerprint density at radius 3 is 2.10 bits per heavy atom. The van der Waals surface area contributed by atoms with Crippen molar-refractivity contribution in [3.05, 3.63) is 110 Å². The molecule has 15 heteroatoms. The molecule has 3 aromatic carbocycles. The topological polar surface area (TPSA) is 179 Å². The highest BCUT2D eigenvalue weighted by Crippen LogP contribution is 2.53. The number of amides is 2. The first-order valence-corrected chi connectivity index (χ1v) is 13.8. The van der Waals surface area contributed by atoms with Gasteiger partial charge in [-0.1, -0.05) is 48.5 Å². The fourth-order valence-electron chi connectivity index (χ4n) is 4.67. The number of nitro benzene ring substituents is 1. The third-order valence-corrected chi connectivity index (χ3v) is 8.49. The number of sulfone groups is 1. The molecule has 0 spiro atoms. The van der Waals surface area contributed by atoms with Gasteiger partial charge in [-0.15, -0.1) is 4.39 Å². The van der Waals surface area contributed by atoms with Crippen molar-refractivity contribution in [1.82, 2.24) is 5.32 Å². The third-order valence-electron chi connectivity index (χ3n) is 6.43. The molecule has 0 fully saturated rings. The standard InChI is InChI=1S/C27H25FN4O9S/c1-25(2,3)41-24(34)29-26(27(28,32(37)38)42(39,40)20-12-8-5-9-13-20)21-16-19(31(35)36)14-15-22(21)30(23(26)33)17-18-10-6-4-7-11-18/h4-16H,17H2,1-3H3,(H,29,34)/t26-,27?/m0/s1. The maximum Gasteiger partial charge on any atom is 0.499 e. The van der Waals surface area contributed by atoms with Gasteiger partial charge >= 0.3 is 11.2 Å². The maximum absolute atomic E-state index is 17.5. The molecule has 1 aliphatic heterocycles. The normalized spacial score (nSPS) is 18.1. The number of nitrogens with one attached hydrogen (secondary N) is 1. The second-order valence-corrected chi connectivity index (χ2v) is 12.4. The Labute approximate surface area is 239 Å². The van der Waals surface area contributed by atoms with Crippen LogP contribution in [0.25, 0.3) is 0 Å². The quantitative estimate of drug-likeness (QED) is 0.225. The highest BCUT2D eigenvalue weighted by atomic mass is 32.2. The summed E-state index contributed by atoms with van der Waals surface area (Å²) in [4.78, 5) is 49.2. The van der Waals surface area contributed by atoms with E-state index in [2.05, 4.69) is 0 Å². The summed E-state index contributed by atoms with van der Waals surface area (Å²) >= 11 is 0. The molecule has 2 atom stereocenters. The van der Waals surface area contributed by atoms with Crippen LogP contribution in [0.3, 0.4) is 0 Å². The Morgan fingerprint density at radius 1 is 1.00 bits per heavy atom. The van der Waals surface area contributed by atoms with Crippen molar-refractivity contribution < 1.29 is 37.0 Å². The number of alkyl halides is 1. The van der Waals surface area contributed by atoms with Crippen LogP contribution in [0.5, 0.6) is 0 Å². The molecule has 0 aliphatic carbocycles. The van der Waals surface area contributed by atoms with Gasteiger partial charge in [-0.05, 0) is 44.5 Å². The van der Waals surface area contributed by atoms with Gasteiger partial charge in [0.15, 0.2) is 0 Å². The number of nitro groups is 2.